The van der Waals surface area contributed by atoms with Gasteiger partial charge < -0.3 is 0 Å². The summed E-state index contributed by atoms with van der Waals surface area (Å²) >= 11 is 0. The lowest BCUT2D eigenvalue weighted by Crippen LogP contribution is -2.07. The summed E-state index contributed by atoms with van der Waals surface area (Å²) in [6.45, 7) is 3.16. The number of aromatic amines is 1. The summed E-state index contributed by atoms with van der Waals surface area (Å²) in [5, 5.41) is 19.5. The van der Waals surface area contributed by atoms with Crippen molar-refractivity contribution in [3.8, 4) is 22.5 Å². The molecule has 0 radical (unpaired) electrons. The highest BCUT2D eigenvalue weighted by molar-refractivity contribution is 5.80. The van der Waals surface area contributed by atoms with Gasteiger partial charge in [0.05, 0.1) is 0 Å². The summed E-state index contributed by atoms with van der Waals surface area (Å²) in [5.41, 5.74) is 5.70. The first-order valence-electron chi connectivity index (χ1n) is 13.2. The van der Waals surface area contributed by atoms with Crippen molar-refractivity contribution in [2.24, 2.45) is 0 Å². The van der Waals surface area contributed by atoms with Crippen LogP contribution < -0.4 is 0 Å². The number of H-pyrrole nitrogens is 1. The second-order valence-corrected chi connectivity index (χ2v) is 9.37. The Morgan fingerprint density at radius 1 is 0.757 bits per heavy atom. The van der Waals surface area contributed by atoms with E-state index < -0.39 is 0 Å². The van der Waals surface area contributed by atoms with E-state index in [0.717, 1.165) is 60.6 Å². The summed E-state index contributed by atoms with van der Waals surface area (Å²) < 4.78 is 2.13. The van der Waals surface area contributed by atoms with Crippen LogP contribution in [0, 0.1) is 0 Å². The molecule has 7 nitrogen and oxygen atoms in total. The van der Waals surface area contributed by atoms with Gasteiger partial charge in [0, 0.05) is 24.9 Å². The van der Waals surface area contributed by atoms with Crippen LogP contribution in [0.15, 0.2) is 78.9 Å². The molecule has 2 aromatic heterocycles. The maximum absolute atomic E-state index is 4.97. The Bertz CT molecular complexity index is 1370. The molecule has 0 saturated carbocycles. The minimum Gasteiger partial charge on any atom is -0.249 e. The molecule has 0 unspecified atom stereocenters. The van der Waals surface area contributed by atoms with Gasteiger partial charge in [0.1, 0.15) is 5.82 Å². The van der Waals surface area contributed by atoms with Crippen LogP contribution in [0.3, 0.4) is 0 Å². The molecule has 0 saturated heterocycles. The molecule has 5 aromatic rings. The lowest BCUT2D eigenvalue weighted by atomic mass is 9.98. The maximum Gasteiger partial charge on any atom is 0.205 e. The molecule has 0 aliphatic rings. The Morgan fingerprint density at radius 2 is 1.54 bits per heavy atom. The standard InChI is InChI=1S/C30H33N7/c1-2-3-4-10-21-37-29(31-28(34-37)20-17-23-11-6-5-7-12-23)22-24-15-18-25(19-16-24)26-13-8-9-14-27(26)30-32-35-36-33-30/h5-9,11-16,18-19H,2-4,10,17,20-22H2,1H3,(H,32,33,35,36). The number of nitrogens with one attached hydrogen (secondary N) is 1. The number of nitrogens with zero attached hydrogens (tertiary/aromatic N) is 6. The zero-order chi connectivity index (χ0) is 25.3. The highest BCUT2D eigenvalue weighted by Crippen LogP contribution is 2.30. The predicted octanol–water partition coefficient (Wildman–Crippen LogP) is 6.08. The number of hydrogen-bond acceptors (Lipinski definition) is 5. The molecule has 188 valence electrons. The molecule has 0 amide bonds. The van der Waals surface area contributed by atoms with Crippen molar-refractivity contribution in [1.29, 1.82) is 0 Å². The average molecular weight is 492 g/mol. The van der Waals surface area contributed by atoms with Crippen LogP contribution >= 0.6 is 0 Å². The van der Waals surface area contributed by atoms with Crippen LogP contribution in [0.2, 0.25) is 0 Å². The number of unbranched alkanes of at least 4 members (excludes halogenated alkanes) is 3. The summed E-state index contributed by atoms with van der Waals surface area (Å²) in [5.74, 6) is 2.57. The first kappa shape index (κ1) is 24.6. The van der Waals surface area contributed by atoms with E-state index in [-0.39, 0.29) is 0 Å². The molecule has 7 heteroatoms. The summed E-state index contributed by atoms with van der Waals surface area (Å²) in [7, 11) is 0. The molecule has 2 heterocycles. The molecule has 37 heavy (non-hydrogen) atoms. The van der Waals surface area contributed by atoms with E-state index in [0.29, 0.717) is 5.82 Å². The number of hydrogen-bond donors (Lipinski definition) is 1. The van der Waals surface area contributed by atoms with Crippen molar-refractivity contribution < 1.29 is 0 Å². The average Bonchev–Trinajstić information content (AvgIpc) is 3.62. The van der Waals surface area contributed by atoms with Gasteiger partial charge in [-0.1, -0.05) is 105 Å². The molecule has 0 fully saturated rings. The third-order valence-electron chi connectivity index (χ3n) is 6.64. The molecule has 5 rings (SSSR count). The second-order valence-electron chi connectivity index (χ2n) is 9.37. The van der Waals surface area contributed by atoms with Crippen molar-refractivity contribution in [3.63, 3.8) is 0 Å². The highest BCUT2D eigenvalue weighted by Gasteiger charge is 2.13. The van der Waals surface area contributed by atoms with Gasteiger partial charge in [-0.05, 0) is 40.3 Å². The number of aryl methyl sites for hydroxylation is 3. The monoisotopic (exact) mass is 491 g/mol. The quantitative estimate of drug-likeness (QED) is 0.214. The molecule has 0 atom stereocenters. The molecule has 0 aliphatic heterocycles. The first-order valence-corrected chi connectivity index (χ1v) is 13.2. The first-order chi connectivity index (χ1) is 18.3. The SMILES string of the molecule is CCCCCCn1nc(CCc2ccccc2)nc1Cc1ccc(-c2ccccc2-c2nn[nH]n2)cc1. The van der Waals surface area contributed by atoms with Gasteiger partial charge in [0.2, 0.25) is 5.82 Å². The third-order valence-corrected chi connectivity index (χ3v) is 6.64. The Morgan fingerprint density at radius 3 is 2.30 bits per heavy atom. The summed E-state index contributed by atoms with van der Waals surface area (Å²) in [4.78, 5) is 4.97. The molecule has 0 spiro atoms. The smallest absolute Gasteiger partial charge is 0.205 e. The number of aromatic nitrogens is 7. The fourth-order valence-corrected chi connectivity index (χ4v) is 4.62. The molecule has 0 aliphatic carbocycles. The maximum atomic E-state index is 4.97. The highest BCUT2D eigenvalue weighted by atomic mass is 15.5. The predicted molar refractivity (Wildman–Crippen MR) is 146 cm³/mol. The van der Waals surface area contributed by atoms with E-state index >= 15 is 0 Å². The van der Waals surface area contributed by atoms with Crippen LogP contribution in [-0.4, -0.2) is 35.4 Å². The molecule has 1 N–H and O–H groups in total. The van der Waals surface area contributed by atoms with E-state index in [4.69, 9.17) is 10.1 Å². The van der Waals surface area contributed by atoms with Gasteiger partial charge in [-0.15, -0.1) is 10.2 Å². The molecule has 3 aromatic carbocycles. The van der Waals surface area contributed by atoms with Crippen molar-refractivity contribution in [1.82, 2.24) is 35.4 Å². The largest absolute Gasteiger partial charge is 0.249 e. The fourth-order valence-electron chi connectivity index (χ4n) is 4.62. The normalized spacial score (nSPS) is 11.2. The van der Waals surface area contributed by atoms with Crippen molar-refractivity contribution in [3.05, 3.63) is 102 Å². The zero-order valence-corrected chi connectivity index (χ0v) is 21.3. The van der Waals surface area contributed by atoms with Gasteiger partial charge >= 0.3 is 0 Å². The molecular formula is C30H33N7. The second kappa shape index (κ2) is 12.2. The number of rotatable bonds is 12. The van der Waals surface area contributed by atoms with Gasteiger partial charge in [0.25, 0.3) is 0 Å². The third kappa shape index (κ3) is 6.36. The fraction of sp³-hybridized carbons (Fsp3) is 0.300. The number of benzene rings is 3. The van der Waals surface area contributed by atoms with E-state index in [2.05, 4.69) is 92.9 Å². The Labute approximate surface area is 218 Å². The van der Waals surface area contributed by atoms with E-state index in [9.17, 15) is 0 Å². The minimum atomic E-state index is 0.596. The van der Waals surface area contributed by atoms with Crippen LogP contribution in [0.1, 0.15) is 55.4 Å². The van der Waals surface area contributed by atoms with Crippen LogP contribution in [-0.2, 0) is 25.8 Å². The van der Waals surface area contributed by atoms with E-state index in [1.54, 1.807) is 0 Å². The van der Waals surface area contributed by atoms with Gasteiger partial charge in [-0.2, -0.15) is 10.3 Å². The van der Waals surface area contributed by atoms with E-state index in [1.165, 1.54) is 30.4 Å². The zero-order valence-electron chi connectivity index (χ0n) is 21.3. The van der Waals surface area contributed by atoms with Crippen molar-refractivity contribution in [2.75, 3.05) is 0 Å². The molecular weight excluding hydrogens is 458 g/mol. The minimum absolute atomic E-state index is 0.596. The van der Waals surface area contributed by atoms with Crippen molar-refractivity contribution in [2.45, 2.75) is 58.4 Å². The van der Waals surface area contributed by atoms with Gasteiger partial charge in [0.15, 0.2) is 5.82 Å². The topological polar surface area (TPSA) is 85.2 Å². The van der Waals surface area contributed by atoms with Crippen LogP contribution in [0.5, 0.6) is 0 Å². The number of tetrazole rings is 1. The summed E-state index contributed by atoms with van der Waals surface area (Å²) in [6.07, 6.45) is 7.42. The lowest BCUT2D eigenvalue weighted by molar-refractivity contribution is 0.522. The van der Waals surface area contributed by atoms with Crippen molar-refractivity contribution >= 4 is 0 Å². The van der Waals surface area contributed by atoms with E-state index in [1.807, 2.05) is 18.2 Å². The van der Waals surface area contributed by atoms with Gasteiger partial charge in [-0.25, -0.2) is 9.67 Å². The van der Waals surface area contributed by atoms with Crippen LogP contribution in [0.4, 0.5) is 0 Å². The lowest BCUT2D eigenvalue weighted by Gasteiger charge is -2.09. The Hall–Kier alpha value is -4.13. The van der Waals surface area contributed by atoms with Crippen LogP contribution in [0.25, 0.3) is 22.5 Å². The Kier molecular flexibility index (Phi) is 8.11. The van der Waals surface area contributed by atoms with Gasteiger partial charge in [-0.3, -0.25) is 0 Å². The molecule has 0 bridgehead atoms. The Balaban J connectivity index is 1.33. The summed E-state index contributed by atoms with van der Waals surface area (Å²) in [6, 6.07) is 27.4.